The van der Waals surface area contributed by atoms with Gasteiger partial charge in [-0.25, -0.2) is 0 Å². The van der Waals surface area contributed by atoms with Gasteiger partial charge in [-0.3, -0.25) is 0 Å². The van der Waals surface area contributed by atoms with Crippen LogP contribution in [0.2, 0.25) is 0 Å². The van der Waals surface area contributed by atoms with Crippen molar-refractivity contribution < 1.29 is 9.47 Å². The van der Waals surface area contributed by atoms with E-state index in [0.29, 0.717) is 6.54 Å². The van der Waals surface area contributed by atoms with Crippen molar-refractivity contribution in [3.8, 4) is 11.5 Å². The molecule has 0 aliphatic heterocycles. The van der Waals surface area contributed by atoms with Gasteiger partial charge in [-0.15, -0.1) is 0 Å². The van der Waals surface area contributed by atoms with Crippen LogP contribution in [-0.4, -0.2) is 20.8 Å². The maximum absolute atomic E-state index is 5.80. The quantitative estimate of drug-likeness (QED) is 0.851. The zero-order valence-corrected chi connectivity index (χ0v) is 10.8. The van der Waals surface area contributed by atoms with Gasteiger partial charge < -0.3 is 15.2 Å². The molecule has 0 heterocycles. The highest BCUT2D eigenvalue weighted by Crippen LogP contribution is 2.35. The van der Waals surface area contributed by atoms with Gasteiger partial charge in [-0.1, -0.05) is 13.8 Å². The highest BCUT2D eigenvalue weighted by molar-refractivity contribution is 5.49. The van der Waals surface area contributed by atoms with Crippen LogP contribution in [0.5, 0.6) is 11.5 Å². The number of ether oxygens (including phenoxy) is 2. The van der Waals surface area contributed by atoms with Gasteiger partial charge in [0.05, 0.1) is 14.2 Å². The van der Waals surface area contributed by atoms with Gasteiger partial charge in [0, 0.05) is 12.0 Å². The molecule has 1 aromatic carbocycles. The summed E-state index contributed by atoms with van der Waals surface area (Å²) in [4.78, 5) is 0. The molecule has 16 heavy (non-hydrogen) atoms. The maximum atomic E-state index is 5.80. The van der Waals surface area contributed by atoms with E-state index in [2.05, 4.69) is 20.8 Å². The smallest absolute Gasteiger partial charge is 0.161 e. The zero-order chi connectivity index (χ0) is 12.3. The molecule has 0 aromatic heterocycles. The van der Waals surface area contributed by atoms with E-state index < -0.39 is 0 Å². The second-order valence-electron chi connectivity index (χ2n) is 4.61. The van der Waals surface area contributed by atoms with Crippen molar-refractivity contribution in [2.75, 3.05) is 20.8 Å². The summed E-state index contributed by atoms with van der Waals surface area (Å²) >= 11 is 0. The topological polar surface area (TPSA) is 44.5 Å². The molecule has 0 saturated carbocycles. The molecule has 0 aliphatic rings. The molecule has 0 spiro atoms. The molecule has 1 rings (SSSR count). The summed E-state index contributed by atoms with van der Waals surface area (Å²) in [5, 5.41) is 0. The van der Waals surface area contributed by atoms with Gasteiger partial charge in [-0.2, -0.15) is 0 Å². The van der Waals surface area contributed by atoms with Gasteiger partial charge in [0.1, 0.15) is 0 Å². The Balaban J connectivity index is 3.32. The van der Waals surface area contributed by atoms with Crippen LogP contribution >= 0.6 is 0 Å². The SMILES string of the molecule is COc1cc(C)c(C(C)(C)CN)cc1OC. The monoisotopic (exact) mass is 223 g/mol. The number of benzene rings is 1. The number of hydrogen-bond acceptors (Lipinski definition) is 3. The van der Waals surface area contributed by atoms with Crippen LogP contribution in [0, 0.1) is 6.92 Å². The molecule has 2 N–H and O–H groups in total. The molecule has 3 nitrogen and oxygen atoms in total. The highest BCUT2D eigenvalue weighted by Gasteiger charge is 2.22. The van der Waals surface area contributed by atoms with E-state index in [1.165, 1.54) is 11.1 Å². The second kappa shape index (κ2) is 4.74. The van der Waals surface area contributed by atoms with Crippen LogP contribution in [0.15, 0.2) is 12.1 Å². The minimum absolute atomic E-state index is 0.0519. The molecular weight excluding hydrogens is 202 g/mol. The van der Waals surface area contributed by atoms with E-state index >= 15 is 0 Å². The van der Waals surface area contributed by atoms with E-state index in [1.54, 1.807) is 14.2 Å². The number of aryl methyl sites for hydroxylation is 1. The predicted molar refractivity (Wildman–Crippen MR) is 66.4 cm³/mol. The third-order valence-electron chi connectivity index (χ3n) is 2.97. The van der Waals surface area contributed by atoms with Crippen LogP contribution in [0.1, 0.15) is 25.0 Å². The normalized spacial score (nSPS) is 11.4. The Morgan fingerprint density at radius 3 is 2.06 bits per heavy atom. The first-order chi connectivity index (χ1) is 7.46. The summed E-state index contributed by atoms with van der Waals surface area (Å²) in [6.07, 6.45) is 0. The summed E-state index contributed by atoms with van der Waals surface area (Å²) in [6, 6.07) is 4.01. The van der Waals surface area contributed by atoms with Crippen molar-refractivity contribution in [2.24, 2.45) is 5.73 Å². The summed E-state index contributed by atoms with van der Waals surface area (Å²) < 4.78 is 10.6. The van der Waals surface area contributed by atoms with Gasteiger partial charge in [0.15, 0.2) is 11.5 Å². The lowest BCUT2D eigenvalue weighted by Crippen LogP contribution is -2.29. The average molecular weight is 223 g/mol. The Bertz CT molecular complexity index is 372. The lowest BCUT2D eigenvalue weighted by atomic mass is 9.82. The molecule has 0 bridgehead atoms. The van der Waals surface area contributed by atoms with E-state index in [-0.39, 0.29) is 5.41 Å². The lowest BCUT2D eigenvalue weighted by Gasteiger charge is -2.26. The molecule has 0 fully saturated rings. The van der Waals surface area contributed by atoms with E-state index in [9.17, 15) is 0 Å². The Kier molecular flexibility index (Phi) is 3.81. The van der Waals surface area contributed by atoms with Crippen molar-refractivity contribution >= 4 is 0 Å². The fourth-order valence-electron chi connectivity index (χ4n) is 1.82. The van der Waals surface area contributed by atoms with Crippen molar-refractivity contribution in [3.05, 3.63) is 23.3 Å². The van der Waals surface area contributed by atoms with Gasteiger partial charge in [0.2, 0.25) is 0 Å². The molecule has 90 valence electrons. The second-order valence-corrected chi connectivity index (χ2v) is 4.61. The first-order valence-corrected chi connectivity index (χ1v) is 5.39. The summed E-state index contributed by atoms with van der Waals surface area (Å²) in [5.74, 6) is 1.51. The molecule has 0 radical (unpaired) electrons. The van der Waals surface area contributed by atoms with Gasteiger partial charge in [0.25, 0.3) is 0 Å². The third kappa shape index (κ3) is 2.30. The summed E-state index contributed by atoms with van der Waals surface area (Å²) in [6.45, 7) is 6.92. The molecule has 0 amide bonds. The fourth-order valence-corrected chi connectivity index (χ4v) is 1.82. The predicted octanol–water partition coefficient (Wildman–Crippen LogP) is 2.25. The minimum atomic E-state index is -0.0519. The van der Waals surface area contributed by atoms with E-state index in [0.717, 1.165) is 11.5 Å². The molecule has 0 saturated heterocycles. The molecule has 1 aromatic rings. The largest absolute Gasteiger partial charge is 0.493 e. The number of methoxy groups -OCH3 is 2. The molecule has 0 atom stereocenters. The summed E-state index contributed by atoms with van der Waals surface area (Å²) in [7, 11) is 3.29. The van der Waals surface area contributed by atoms with Crippen LogP contribution in [0.25, 0.3) is 0 Å². The third-order valence-corrected chi connectivity index (χ3v) is 2.97. The minimum Gasteiger partial charge on any atom is -0.493 e. The number of nitrogens with two attached hydrogens (primary N) is 1. The van der Waals surface area contributed by atoms with Crippen LogP contribution in [-0.2, 0) is 5.41 Å². The van der Waals surface area contributed by atoms with Crippen molar-refractivity contribution in [3.63, 3.8) is 0 Å². The van der Waals surface area contributed by atoms with Crippen molar-refractivity contribution in [2.45, 2.75) is 26.2 Å². The average Bonchev–Trinajstić information content (AvgIpc) is 2.28. The molecule has 3 heteroatoms. The van der Waals surface area contributed by atoms with Crippen LogP contribution in [0.3, 0.4) is 0 Å². The lowest BCUT2D eigenvalue weighted by molar-refractivity contribution is 0.353. The van der Waals surface area contributed by atoms with Crippen LogP contribution in [0.4, 0.5) is 0 Å². The van der Waals surface area contributed by atoms with E-state index in [1.807, 2.05) is 12.1 Å². The summed E-state index contributed by atoms with van der Waals surface area (Å²) in [5.41, 5.74) is 8.12. The van der Waals surface area contributed by atoms with Gasteiger partial charge >= 0.3 is 0 Å². The fraction of sp³-hybridized carbons (Fsp3) is 0.538. The molecular formula is C13H21NO2. The van der Waals surface area contributed by atoms with Crippen LogP contribution < -0.4 is 15.2 Å². The number of rotatable bonds is 4. The Labute approximate surface area is 97.6 Å². The zero-order valence-electron chi connectivity index (χ0n) is 10.8. The maximum Gasteiger partial charge on any atom is 0.161 e. The molecule has 0 unspecified atom stereocenters. The first-order valence-electron chi connectivity index (χ1n) is 5.39. The molecule has 0 aliphatic carbocycles. The highest BCUT2D eigenvalue weighted by atomic mass is 16.5. The number of hydrogen-bond donors (Lipinski definition) is 1. The van der Waals surface area contributed by atoms with Gasteiger partial charge in [-0.05, 0) is 30.2 Å². The van der Waals surface area contributed by atoms with Crippen molar-refractivity contribution in [1.29, 1.82) is 0 Å². The Morgan fingerprint density at radius 2 is 1.62 bits per heavy atom. The Hall–Kier alpha value is -1.22. The Morgan fingerprint density at radius 1 is 1.12 bits per heavy atom. The van der Waals surface area contributed by atoms with Crippen molar-refractivity contribution in [1.82, 2.24) is 0 Å². The standard InChI is InChI=1S/C13H21NO2/c1-9-6-11(15-4)12(16-5)7-10(9)13(2,3)8-14/h6-7H,8,14H2,1-5H3. The first kappa shape index (κ1) is 12.8. The van der Waals surface area contributed by atoms with E-state index in [4.69, 9.17) is 15.2 Å².